The molecule has 1 fully saturated rings. The van der Waals surface area contributed by atoms with Crippen LogP contribution in [0.2, 0.25) is 0 Å². The van der Waals surface area contributed by atoms with Crippen molar-refractivity contribution in [2.75, 3.05) is 24.5 Å². The summed E-state index contributed by atoms with van der Waals surface area (Å²) in [6.07, 6.45) is 3.58. The molecule has 1 saturated heterocycles. The van der Waals surface area contributed by atoms with Gasteiger partial charge in [0.05, 0.1) is 4.90 Å². The zero-order chi connectivity index (χ0) is 19.9. The van der Waals surface area contributed by atoms with Gasteiger partial charge < -0.3 is 4.90 Å². The molecule has 0 unspecified atom stereocenters. The summed E-state index contributed by atoms with van der Waals surface area (Å²) in [7, 11) is -3.46. The van der Waals surface area contributed by atoms with Gasteiger partial charge in [-0.3, -0.25) is 4.79 Å². The molecule has 4 rings (SSSR count). The molecule has 0 bridgehead atoms. The average Bonchev–Trinajstić information content (AvgIpc) is 3.11. The number of aryl methyl sites for hydroxylation is 1. The van der Waals surface area contributed by atoms with Crippen molar-refractivity contribution in [3.8, 4) is 0 Å². The fourth-order valence-electron chi connectivity index (χ4n) is 4.02. The summed E-state index contributed by atoms with van der Waals surface area (Å²) in [6.45, 7) is 3.67. The van der Waals surface area contributed by atoms with Gasteiger partial charge in [-0.25, -0.2) is 8.42 Å². The van der Waals surface area contributed by atoms with Crippen LogP contribution in [0.4, 0.5) is 5.69 Å². The van der Waals surface area contributed by atoms with Crippen LogP contribution in [0, 0.1) is 6.92 Å². The van der Waals surface area contributed by atoms with Crippen LogP contribution in [0.25, 0.3) is 0 Å². The highest BCUT2D eigenvalue weighted by Gasteiger charge is 2.30. The molecular weight excluding hydrogens is 440 g/mol. The Morgan fingerprint density at radius 3 is 2.46 bits per heavy atom. The van der Waals surface area contributed by atoms with Crippen molar-refractivity contribution in [1.29, 1.82) is 0 Å². The molecule has 28 heavy (non-hydrogen) atoms. The van der Waals surface area contributed by atoms with Gasteiger partial charge in [0.2, 0.25) is 10.0 Å². The number of hydrogen-bond acceptors (Lipinski definition) is 3. The minimum absolute atomic E-state index is 0.0459. The van der Waals surface area contributed by atoms with E-state index in [0.717, 1.165) is 40.5 Å². The van der Waals surface area contributed by atoms with Crippen LogP contribution in [0.3, 0.4) is 0 Å². The van der Waals surface area contributed by atoms with Gasteiger partial charge in [0.1, 0.15) is 0 Å². The summed E-state index contributed by atoms with van der Waals surface area (Å²) in [5, 5.41) is 0. The molecule has 0 radical (unpaired) electrons. The molecule has 148 valence electrons. The maximum absolute atomic E-state index is 13.1. The number of amides is 1. The number of anilines is 1. The number of hydrogen-bond donors (Lipinski definition) is 0. The van der Waals surface area contributed by atoms with Crippen LogP contribution in [-0.2, 0) is 16.4 Å². The largest absolute Gasteiger partial charge is 0.308 e. The van der Waals surface area contributed by atoms with Gasteiger partial charge in [-0.15, -0.1) is 0 Å². The Labute approximate surface area is 174 Å². The normalized spacial score (nSPS) is 17.6. The fraction of sp³-hybridized carbons (Fsp3) is 0.381. The van der Waals surface area contributed by atoms with Crippen LogP contribution >= 0.6 is 15.9 Å². The Balaban J connectivity index is 1.62. The van der Waals surface area contributed by atoms with E-state index < -0.39 is 10.0 Å². The van der Waals surface area contributed by atoms with E-state index in [-0.39, 0.29) is 5.91 Å². The molecule has 0 N–H and O–H groups in total. The van der Waals surface area contributed by atoms with E-state index in [1.807, 2.05) is 25.1 Å². The number of carbonyl (C=O) groups is 1. The highest BCUT2D eigenvalue weighted by atomic mass is 79.9. The summed E-state index contributed by atoms with van der Waals surface area (Å²) in [5.41, 5.74) is 3.31. The van der Waals surface area contributed by atoms with E-state index in [1.165, 1.54) is 0 Å². The molecule has 0 saturated carbocycles. The van der Waals surface area contributed by atoms with Gasteiger partial charge in [0.25, 0.3) is 5.91 Å². The van der Waals surface area contributed by atoms with Crippen molar-refractivity contribution in [3.05, 3.63) is 57.6 Å². The second kappa shape index (κ2) is 7.61. The Hall–Kier alpha value is -1.70. The van der Waals surface area contributed by atoms with Gasteiger partial charge in [0.15, 0.2) is 0 Å². The molecule has 0 aliphatic carbocycles. The molecule has 0 atom stereocenters. The van der Waals surface area contributed by atoms with E-state index >= 15 is 0 Å². The second-order valence-electron chi connectivity index (χ2n) is 7.42. The average molecular weight is 463 g/mol. The Morgan fingerprint density at radius 2 is 1.75 bits per heavy atom. The van der Waals surface area contributed by atoms with Crippen molar-refractivity contribution in [3.63, 3.8) is 0 Å². The van der Waals surface area contributed by atoms with Crippen molar-refractivity contribution < 1.29 is 13.2 Å². The molecule has 2 aromatic rings. The first-order valence-electron chi connectivity index (χ1n) is 9.59. The molecule has 1 amide bonds. The van der Waals surface area contributed by atoms with Gasteiger partial charge in [0, 0.05) is 35.4 Å². The van der Waals surface area contributed by atoms with Crippen molar-refractivity contribution in [1.82, 2.24) is 4.31 Å². The third kappa shape index (κ3) is 3.51. The van der Waals surface area contributed by atoms with E-state index in [4.69, 9.17) is 0 Å². The monoisotopic (exact) mass is 462 g/mol. The predicted octanol–water partition coefficient (Wildman–Crippen LogP) is 4.14. The van der Waals surface area contributed by atoms with E-state index in [1.54, 1.807) is 27.4 Å². The lowest BCUT2D eigenvalue weighted by Crippen LogP contribution is -2.35. The van der Waals surface area contributed by atoms with Crippen LogP contribution in [0.1, 0.15) is 40.7 Å². The number of piperidine rings is 1. The Bertz CT molecular complexity index is 1030. The first-order valence-corrected chi connectivity index (χ1v) is 11.8. The SMILES string of the molecule is Cc1cc(Br)ccc1C(=O)N1CCc2cc(S(=O)(=O)N3CCCCC3)ccc21. The zero-order valence-electron chi connectivity index (χ0n) is 15.8. The summed E-state index contributed by atoms with van der Waals surface area (Å²) < 4.78 is 28.4. The first-order chi connectivity index (χ1) is 13.4. The fourth-order valence-corrected chi connectivity index (χ4v) is 6.06. The Morgan fingerprint density at radius 1 is 1.00 bits per heavy atom. The quantitative estimate of drug-likeness (QED) is 0.688. The van der Waals surface area contributed by atoms with Crippen LogP contribution in [-0.4, -0.2) is 38.3 Å². The number of halogens is 1. The lowest BCUT2D eigenvalue weighted by molar-refractivity contribution is 0.0989. The second-order valence-corrected chi connectivity index (χ2v) is 10.3. The molecule has 5 nitrogen and oxygen atoms in total. The van der Waals surface area contributed by atoms with E-state index in [2.05, 4.69) is 15.9 Å². The van der Waals surface area contributed by atoms with Crippen molar-refractivity contribution >= 4 is 37.5 Å². The number of fused-ring (bicyclic) bond motifs is 1. The molecule has 2 heterocycles. The molecule has 0 spiro atoms. The first kappa shape index (κ1) is 19.6. The topological polar surface area (TPSA) is 57.7 Å². The maximum Gasteiger partial charge on any atom is 0.258 e. The van der Waals surface area contributed by atoms with Crippen LogP contribution in [0.15, 0.2) is 45.8 Å². The van der Waals surface area contributed by atoms with Crippen molar-refractivity contribution in [2.45, 2.75) is 37.5 Å². The number of sulfonamides is 1. The predicted molar refractivity (Wildman–Crippen MR) is 113 cm³/mol. The van der Waals surface area contributed by atoms with E-state index in [0.29, 0.717) is 36.5 Å². The highest BCUT2D eigenvalue weighted by molar-refractivity contribution is 9.10. The number of carbonyl (C=O) groups excluding carboxylic acids is 1. The van der Waals surface area contributed by atoms with Gasteiger partial charge in [-0.2, -0.15) is 4.31 Å². The third-order valence-corrected chi connectivity index (χ3v) is 7.95. The Kier molecular flexibility index (Phi) is 5.33. The standard InChI is InChI=1S/C21H23BrN2O3S/c1-15-13-17(22)5-7-19(15)21(25)24-12-9-16-14-18(6-8-20(16)24)28(26,27)23-10-3-2-4-11-23/h5-8,13-14H,2-4,9-12H2,1H3. The highest BCUT2D eigenvalue weighted by Crippen LogP contribution is 2.33. The maximum atomic E-state index is 13.1. The summed E-state index contributed by atoms with van der Waals surface area (Å²) in [6, 6.07) is 10.8. The lowest BCUT2D eigenvalue weighted by atomic mass is 10.1. The lowest BCUT2D eigenvalue weighted by Gasteiger charge is -2.26. The number of benzene rings is 2. The minimum atomic E-state index is -3.46. The van der Waals surface area contributed by atoms with E-state index in [9.17, 15) is 13.2 Å². The smallest absolute Gasteiger partial charge is 0.258 e. The van der Waals surface area contributed by atoms with Crippen LogP contribution < -0.4 is 4.90 Å². The minimum Gasteiger partial charge on any atom is -0.308 e. The van der Waals surface area contributed by atoms with Gasteiger partial charge in [-0.05, 0) is 73.7 Å². The molecule has 2 aliphatic heterocycles. The zero-order valence-corrected chi connectivity index (χ0v) is 18.2. The molecule has 0 aromatic heterocycles. The molecule has 2 aliphatic rings. The summed E-state index contributed by atoms with van der Waals surface area (Å²) in [5.74, 6) is -0.0459. The molecular formula is C21H23BrN2O3S. The third-order valence-electron chi connectivity index (χ3n) is 5.56. The molecule has 7 heteroatoms. The number of nitrogens with zero attached hydrogens (tertiary/aromatic N) is 2. The van der Waals surface area contributed by atoms with Crippen molar-refractivity contribution in [2.24, 2.45) is 0 Å². The number of rotatable bonds is 3. The van der Waals surface area contributed by atoms with Crippen LogP contribution in [0.5, 0.6) is 0 Å². The van der Waals surface area contributed by atoms with Gasteiger partial charge in [-0.1, -0.05) is 22.4 Å². The molecule has 2 aromatic carbocycles. The summed E-state index contributed by atoms with van der Waals surface area (Å²) >= 11 is 3.43. The van der Waals surface area contributed by atoms with Gasteiger partial charge >= 0.3 is 0 Å². The summed E-state index contributed by atoms with van der Waals surface area (Å²) in [4.78, 5) is 15.1.